The van der Waals surface area contributed by atoms with Gasteiger partial charge in [0.05, 0.1) is 21.9 Å². The van der Waals surface area contributed by atoms with Crippen LogP contribution >= 0.6 is 31.9 Å². The van der Waals surface area contributed by atoms with Gasteiger partial charge in [-0.3, -0.25) is 16.0 Å². The number of hydrazine groups is 1. The average molecular weight is 416 g/mol. The summed E-state index contributed by atoms with van der Waals surface area (Å²) in [5.74, 6) is 5.78. The first kappa shape index (κ1) is 16.7. The first-order valence-corrected chi connectivity index (χ1v) is 8.48. The fraction of sp³-hybridized carbons (Fsp3) is 0.400. The van der Waals surface area contributed by atoms with Crippen LogP contribution < -0.4 is 11.3 Å². The summed E-state index contributed by atoms with van der Waals surface area (Å²) in [6, 6.07) is 6.33. The van der Waals surface area contributed by atoms with Gasteiger partial charge in [0.25, 0.3) is 0 Å². The number of hydrogen-bond acceptors (Lipinski definition) is 3. The summed E-state index contributed by atoms with van der Waals surface area (Å²) in [4.78, 5) is 0. The maximum atomic E-state index is 5.78. The minimum atomic E-state index is 0.0244. The molecule has 114 valence electrons. The number of aryl methyl sites for hydroxylation is 3. The second kappa shape index (κ2) is 7.05. The van der Waals surface area contributed by atoms with Crippen molar-refractivity contribution in [3.63, 3.8) is 0 Å². The van der Waals surface area contributed by atoms with Gasteiger partial charge in [0, 0.05) is 17.9 Å². The molecule has 0 saturated heterocycles. The van der Waals surface area contributed by atoms with Crippen molar-refractivity contribution in [3.8, 4) is 0 Å². The molecule has 0 aliphatic heterocycles. The Hall–Kier alpha value is -0.690. The molecule has 2 aromatic rings. The second-order valence-electron chi connectivity index (χ2n) is 5.13. The van der Waals surface area contributed by atoms with Crippen molar-refractivity contribution in [1.82, 2.24) is 15.2 Å². The first-order valence-electron chi connectivity index (χ1n) is 6.90. The fourth-order valence-corrected chi connectivity index (χ4v) is 3.96. The van der Waals surface area contributed by atoms with Crippen LogP contribution in [0.4, 0.5) is 0 Å². The van der Waals surface area contributed by atoms with E-state index in [4.69, 9.17) is 5.84 Å². The maximum Gasteiger partial charge on any atom is 0.0766 e. The number of nitrogens with one attached hydrogen (secondary N) is 1. The number of nitrogens with zero attached hydrogens (tertiary/aromatic N) is 2. The molecule has 0 spiro atoms. The zero-order valence-electron chi connectivity index (χ0n) is 12.5. The summed E-state index contributed by atoms with van der Waals surface area (Å²) in [6.07, 6.45) is 1.67. The molecule has 0 aliphatic carbocycles. The second-order valence-corrected chi connectivity index (χ2v) is 6.78. The van der Waals surface area contributed by atoms with E-state index in [0.29, 0.717) is 0 Å². The monoisotopic (exact) mass is 414 g/mol. The lowest BCUT2D eigenvalue weighted by Crippen LogP contribution is -2.30. The van der Waals surface area contributed by atoms with E-state index in [1.165, 1.54) is 5.56 Å². The van der Waals surface area contributed by atoms with E-state index in [1.54, 1.807) is 0 Å². The highest BCUT2D eigenvalue weighted by Gasteiger charge is 2.19. The number of benzene rings is 1. The van der Waals surface area contributed by atoms with Crippen molar-refractivity contribution in [2.24, 2.45) is 12.9 Å². The van der Waals surface area contributed by atoms with Crippen molar-refractivity contribution >= 4 is 31.9 Å². The van der Waals surface area contributed by atoms with E-state index in [0.717, 1.165) is 38.7 Å². The summed E-state index contributed by atoms with van der Waals surface area (Å²) < 4.78 is 4.07. The Bertz CT molecular complexity index is 637. The van der Waals surface area contributed by atoms with Gasteiger partial charge in [-0.2, -0.15) is 5.10 Å². The molecule has 0 saturated carbocycles. The summed E-state index contributed by atoms with van der Waals surface area (Å²) in [5.41, 5.74) is 7.50. The molecule has 1 aromatic heterocycles. The van der Waals surface area contributed by atoms with E-state index < -0.39 is 0 Å². The minimum Gasteiger partial charge on any atom is -0.271 e. The predicted octanol–water partition coefficient (Wildman–Crippen LogP) is 3.56. The number of rotatable bonds is 5. The van der Waals surface area contributed by atoms with Gasteiger partial charge in [-0.1, -0.05) is 35.0 Å². The summed E-state index contributed by atoms with van der Waals surface area (Å²) >= 11 is 7.29. The van der Waals surface area contributed by atoms with Gasteiger partial charge in [-0.25, -0.2) is 0 Å². The topological polar surface area (TPSA) is 55.9 Å². The summed E-state index contributed by atoms with van der Waals surface area (Å²) in [5, 5.41) is 4.54. The molecule has 6 heteroatoms. The van der Waals surface area contributed by atoms with Crippen molar-refractivity contribution in [2.45, 2.75) is 32.7 Å². The van der Waals surface area contributed by atoms with E-state index in [1.807, 2.05) is 11.7 Å². The number of nitrogens with two attached hydrogens (primary N) is 1. The highest BCUT2D eigenvalue weighted by molar-refractivity contribution is 9.10. The molecule has 1 atom stereocenters. The Morgan fingerprint density at radius 2 is 2.10 bits per heavy atom. The molecule has 4 nitrogen and oxygen atoms in total. The third kappa shape index (κ3) is 3.56. The Kier molecular flexibility index (Phi) is 5.60. The third-order valence-corrected chi connectivity index (χ3v) is 5.24. The fourth-order valence-electron chi connectivity index (χ4n) is 2.41. The zero-order chi connectivity index (χ0) is 15.6. The molecule has 1 heterocycles. The van der Waals surface area contributed by atoms with Crippen molar-refractivity contribution < 1.29 is 0 Å². The number of hydrogen-bond donors (Lipinski definition) is 2. The van der Waals surface area contributed by atoms with Crippen molar-refractivity contribution in [2.75, 3.05) is 0 Å². The Morgan fingerprint density at radius 3 is 2.62 bits per heavy atom. The quantitative estimate of drug-likeness (QED) is 0.579. The molecular weight excluding hydrogens is 396 g/mol. The van der Waals surface area contributed by atoms with E-state index >= 15 is 0 Å². The highest BCUT2D eigenvalue weighted by atomic mass is 79.9. The number of aromatic nitrogens is 2. The van der Waals surface area contributed by atoms with Crippen molar-refractivity contribution in [1.29, 1.82) is 0 Å². The molecule has 2 rings (SSSR count). The predicted molar refractivity (Wildman–Crippen MR) is 92.9 cm³/mol. The molecule has 0 radical (unpaired) electrons. The smallest absolute Gasteiger partial charge is 0.0766 e. The Balaban J connectivity index is 2.33. The van der Waals surface area contributed by atoms with Gasteiger partial charge < -0.3 is 0 Å². The lowest BCUT2D eigenvalue weighted by molar-refractivity contribution is 0.527. The van der Waals surface area contributed by atoms with Crippen LogP contribution in [0, 0.1) is 6.92 Å². The SMILES string of the molecule is CCc1nn(C)c(CC(NN)c2ccc(C)cc2Br)c1Br. The molecule has 21 heavy (non-hydrogen) atoms. The van der Waals surface area contributed by atoms with E-state index in [-0.39, 0.29) is 6.04 Å². The van der Waals surface area contributed by atoms with Gasteiger partial charge >= 0.3 is 0 Å². The van der Waals surface area contributed by atoms with Crippen LogP contribution in [0.5, 0.6) is 0 Å². The molecule has 0 aliphatic rings. The van der Waals surface area contributed by atoms with E-state index in [9.17, 15) is 0 Å². The van der Waals surface area contributed by atoms with Crippen LogP contribution in [-0.2, 0) is 19.9 Å². The molecule has 1 unspecified atom stereocenters. The van der Waals surface area contributed by atoms with Crippen LogP contribution in [0.1, 0.15) is 35.5 Å². The molecule has 0 fully saturated rings. The lowest BCUT2D eigenvalue weighted by atomic mass is 10.0. The van der Waals surface area contributed by atoms with Crippen LogP contribution in [0.25, 0.3) is 0 Å². The van der Waals surface area contributed by atoms with Crippen LogP contribution in [0.3, 0.4) is 0 Å². The van der Waals surface area contributed by atoms with Gasteiger partial charge in [0.1, 0.15) is 0 Å². The molecule has 0 bridgehead atoms. The zero-order valence-corrected chi connectivity index (χ0v) is 15.6. The Labute approximate surface area is 142 Å². The molecule has 3 N–H and O–H groups in total. The van der Waals surface area contributed by atoms with Gasteiger partial charge in [-0.05, 0) is 46.5 Å². The van der Waals surface area contributed by atoms with E-state index in [2.05, 4.69) is 74.4 Å². The molecule has 1 aromatic carbocycles. The first-order chi connectivity index (χ1) is 9.97. The van der Waals surface area contributed by atoms with Crippen LogP contribution in [-0.4, -0.2) is 9.78 Å². The normalized spacial score (nSPS) is 12.7. The standard InChI is InChI=1S/C15H20Br2N4/c1-4-12-15(17)14(21(3)20-12)8-13(19-18)10-6-5-9(2)7-11(10)16/h5-7,13,19H,4,8,18H2,1-3H3. The minimum absolute atomic E-state index is 0.0244. The summed E-state index contributed by atoms with van der Waals surface area (Å²) in [7, 11) is 1.97. The van der Waals surface area contributed by atoms with Gasteiger partial charge in [0.2, 0.25) is 0 Å². The summed E-state index contributed by atoms with van der Waals surface area (Å²) in [6.45, 7) is 4.18. The molecule has 0 amide bonds. The highest BCUT2D eigenvalue weighted by Crippen LogP contribution is 2.30. The van der Waals surface area contributed by atoms with Gasteiger partial charge in [0.15, 0.2) is 0 Å². The lowest BCUT2D eigenvalue weighted by Gasteiger charge is -2.18. The largest absolute Gasteiger partial charge is 0.271 e. The number of halogens is 2. The van der Waals surface area contributed by atoms with Crippen molar-refractivity contribution in [3.05, 3.63) is 49.7 Å². The molecular formula is C15H20Br2N4. The van der Waals surface area contributed by atoms with Crippen LogP contribution in [0.15, 0.2) is 27.1 Å². The average Bonchev–Trinajstić information content (AvgIpc) is 2.72. The van der Waals surface area contributed by atoms with Gasteiger partial charge in [-0.15, -0.1) is 0 Å². The third-order valence-electron chi connectivity index (χ3n) is 3.63. The Morgan fingerprint density at radius 1 is 1.38 bits per heavy atom. The maximum absolute atomic E-state index is 5.78. The van der Waals surface area contributed by atoms with Crippen LogP contribution in [0.2, 0.25) is 0 Å².